The van der Waals surface area contributed by atoms with Crippen molar-refractivity contribution in [3.8, 4) is 6.07 Å². The van der Waals surface area contributed by atoms with Crippen LogP contribution in [-0.2, 0) is 0 Å². The number of rotatable bonds is 5. The average molecular weight is 297 g/mol. The molecule has 4 heteroatoms. The van der Waals surface area contributed by atoms with E-state index in [9.17, 15) is 5.11 Å². The van der Waals surface area contributed by atoms with Crippen LogP contribution in [0.25, 0.3) is 0 Å². The molecule has 92 valence electrons. The summed E-state index contributed by atoms with van der Waals surface area (Å²) in [6.07, 6.45) is 0.907. The molecule has 3 nitrogen and oxygen atoms in total. The summed E-state index contributed by atoms with van der Waals surface area (Å²) in [5.74, 6) is 0. The molecular formula is C13H17BrN2O. The average Bonchev–Trinajstić information content (AvgIpc) is 2.36. The summed E-state index contributed by atoms with van der Waals surface area (Å²) in [7, 11) is 0. The molecule has 0 aliphatic heterocycles. The summed E-state index contributed by atoms with van der Waals surface area (Å²) in [6, 6.07) is 7.52. The molecule has 0 spiro atoms. The number of hydrogen-bond acceptors (Lipinski definition) is 3. The van der Waals surface area contributed by atoms with E-state index in [1.54, 1.807) is 12.1 Å². The second-order valence-corrected chi connectivity index (χ2v) is 5.34. The van der Waals surface area contributed by atoms with Crippen LogP contribution in [-0.4, -0.2) is 18.3 Å². The van der Waals surface area contributed by atoms with Gasteiger partial charge in [-0.3, -0.25) is 0 Å². The third-order valence-electron chi connectivity index (χ3n) is 3.04. The van der Waals surface area contributed by atoms with E-state index in [2.05, 4.69) is 34.2 Å². The van der Waals surface area contributed by atoms with Crippen LogP contribution in [0.3, 0.4) is 0 Å². The van der Waals surface area contributed by atoms with Gasteiger partial charge in [-0.15, -0.1) is 0 Å². The smallest absolute Gasteiger partial charge is 0.0992 e. The number of halogens is 1. The van der Waals surface area contributed by atoms with E-state index in [0.717, 1.165) is 16.6 Å². The first-order chi connectivity index (χ1) is 8.04. The Morgan fingerprint density at radius 2 is 2.24 bits per heavy atom. The Bertz CT molecular complexity index is 422. The molecule has 0 bridgehead atoms. The van der Waals surface area contributed by atoms with Crippen LogP contribution in [0.2, 0.25) is 0 Å². The molecule has 0 aromatic heterocycles. The molecule has 1 atom stereocenters. The second kappa shape index (κ2) is 6.04. The highest BCUT2D eigenvalue weighted by Gasteiger charge is 2.20. The number of aliphatic hydroxyl groups is 1. The molecule has 0 saturated carbocycles. The van der Waals surface area contributed by atoms with Crippen molar-refractivity contribution < 1.29 is 5.11 Å². The summed E-state index contributed by atoms with van der Waals surface area (Å²) >= 11 is 3.42. The topological polar surface area (TPSA) is 56.0 Å². The number of hydrogen-bond donors (Lipinski definition) is 2. The predicted molar refractivity (Wildman–Crippen MR) is 72.8 cm³/mol. The van der Waals surface area contributed by atoms with E-state index in [1.165, 1.54) is 0 Å². The fourth-order valence-corrected chi connectivity index (χ4v) is 1.85. The minimum atomic E-state index is -0.118. The Morgan fingerprint density at radius 3 is 2.71 bits per heavy atom. The standard InChI is InChI=1S/C13H17BrN2O/c1-3-13(2,9-17)8-16-12-5-4-10(7-15)6-11(12)14/h4-6,16-17H,3,8-9H2,1-2H3. The van der Waals surface area contributed by atoms with Crippen molar-refractivity contribution in [2.75, 3.05) is 18.5 Å². The van der Waals surface area contributed by atoms with Crippen molar-refractivity contribution in [1.29, 1.82) is 5.26 Å². The number of benzene rings is 1. The molecule has 0 amide bonds. The Hall–Kier alpha value is -1.05. The van der Waals surface area contributed by atoms with E-state index < -0.39 is 0 Å². The van der Waals surface area contributed by atoms with Gasteiger partial charge in [0.2, 0.25) is 0 Å². The third kappa shape index (κ3) is 3.72. The molecule has 0 saturated heterocycles. The summed E-state index contributed by atoms with van der Waals surface area (Å²) in [5, 5.41) is 21.4. The lowest BCUT2D eigenvalue weighted by atomic mass is 9.88. The summed E-state index contributed by atoms with van der Waals surface area (Å²) < 4.78 is 0.868. The summed E-state index contributed by atoms with van der Waals surface area (Å²) in [5.41, 5.74) is 1.45. The van der Waals surface area contributed by atoms with E-state index >= 15 is 0 Å². The van der Waals surface area contributed by atoms with Gasteiger partial charge in [-0.25, -0.2) is 0 Å². The number of nitriles is 1. The minimum absolute atomic E-state index is 0.118. The molecule has 2 N–H and O–H groups in total. The maximum Gasteiger partial charge on any atom is 0.0992 e. The molecule has 1 unspecified atom stereocenters. The molecule has 0 radical (unpaired) electrons. The molecule has 1 rings (SSSR count). The van der Waals surface area contributed by atoms with Crippen LogP contribution >= 0.6 is 15.9 Å². The van der Waals surface area contributed by atoms with E-state index in [4.69, 9.17) is 5.26 Å². The Labute approximate surface area is 111 Å². The summed E-state index contributed by atoms with van der Waals surface area (Å²) in [6.45, 7) is 4.96. The monoisotopic (exact) mass is 296 g/mol. The van der Waals surface area contributed by atoms with Crippen LogP contribution in [0.5, 0.6) is 0 Å². The lowest BCUT2D eigenvalue weighted by Gasteiger charge is -2.26. The molecule has 0 heterocycles. The second-order valence-electron chi connectivity index (χ2n) is 4.48. The highest BCUT2D eigenvalue weighted by Crippen LogP contribution is 2.26. The van der Waals surface area contributed by atoms with Crippen molar-refractivity contribution in [2.24, 2.45) is 5.41 Å². The number of nitrogens with one attached hydrogen (secondary N) is 1. The predicted octanol–water partition coefficient (Wildman–Crippen LogP) is 3.14. The minimum Gasteiger partial charge on any atom is -0.396 e. The van der Waals surface area contributed by atoms with Gasteiger partial charge in [-0.05, 0) is 40.5 Å². The SMILES string of the molecule is CCC(C)(CO)CNc1ccc(C#N)cc1Br. The Kier molecular flexibility index (Phi) is 4.98. The van der Waals surface area contributed by atoms with Crippen molar-refractivity contribution in [2.45, 2.75) is 20.3 Å². The van der Waals surface area contributed by atoms with Gasteiger partial charge in [0.15, 0.2) is 0 Å². The number of nitrogens with zero attached hydrogens (tertiary/aromatic N) is 1. The molecule has 1 aromatic carbocycles. The van der Waals surface area contributed by atoms with Gasteiger partial charge in [0.05, 0.1) is 18.2 Å². The van der Waals surface area contributed by atoms with E-state index in [0.29, 0.717) is 12.1 Å². The molecule has 1 aromatic rings. The zero-order valence-corrected chi connectivity index (χ0v) is 11.7. The molecular weight excluding hydrogens is 280 g/mol. The van der Waals surface area contributed by atoms with Gasteiger partial charge in [-0.2, -0.15) is 5.26 Å². The van der Waals surface area contributed by atoms with Gasteiger partial charge in [0.25, 0.3) is 0 Å². The first kappa shape index (κ1) is 14.0. The van der Waals surface area contributed by atoms with Gasteiger partial charge in [0.1, 0.15) is 0 Å². The molecule has 0 aliphatic rings. The van der Waals surface area contributed by atoms with Crippen molar-refractivity contribution in [3.05, 3.63) is 28.2 Å². The zero-order valence-electron chi connectivity index (χ0n) is 10.1. The maximum absolute atomic E-state index is 9.32. The van der Waals surface area contributed by atoms with Gasteiger partial charge < -0.3 is 10.4 Å². The van der Waals surface area contributed by atoms with Crippen molar-refractivity contribution in [1.82, 2.24) is 0 Å². The molecule has 0 aliphatic carbocycles. The normalized spacial score (nSPS) is 13.8. The van der Waals surface area contributed by atoms with Crippen LogP contribution in [0.1, 0.15) is 25.8 Å². The number of aliphatic hydroxyl groups excluding tert-OH is 1. The number of anilines is 1. The lowest BCUT2D eigenvalue weighted by Crippen LogP contribution is -2.29. The van der Waals surface area contributed by atoms with Gasteiger partial charge in [-0.1, -0.05) is 13.8 Å². The third-order valence-corrected chi connectivity index (χ3v) is 3.70. The van der Waals surface area contributed by atoms with Crippen LogP contribution in [0, 0.1) is 16.7 Å². The van der Waals surface area contributed by atoms with Gasteiger partial charge in [0, 0.05) is 22.1 Å². The fourth-order valence-electron chi connectivity index (χ4n) is 1.33. The van der Waals surface area contributed by atoms with Crippen LogP contribution in [0.15, 0.2) is 22.7 Å². The zero-order chi connectivity index (χ0) is 12.9. The quantitative estimate of drug-likeness (QED) is 0.878. The van der Waals surface area contributed by atoms with E-state index in [1.807, 2.05) is 13.0 Å². The lowest BCUT2D eigenvalue weighted by molar-refractivity contribution is 0.149. The van der Waals surface area contributed by atoms with Crippen molar-refractivity contribution >= 4 is 21.6 Å². The molecule has 0 fully saturated rings. The first-order valence-corrected chi connectivity index (χ1v) is 6.38. The molecule has 17 heavy (non-hydrogen) atoms. The fraction of sp³-hybridized carbons (Fsp3) is 0.462. The first-order valence-electron chi connectivity index (χ1n) is 5.59. The maximum atomic E-state index is 9.32. The Balaban J connectivity index is 2.74. The summed E-state index contributed by atoms with van der Waals surface area (Å²) in [4.78, 5) is 0. The van der Waals surface area contributed by atoms with E-state index in [-0.39, 0.29) is 12.0 Å². The highest BCUT2D eigenvalue weighted by molar-refractivity contribution is 9.10. The Morgan fingerprint density at radius 1 is 1.53 bits per heavy atom. The highest BCUT2D eigenvalue weighted by atomic mass is 79.9. The van der Waals surface area contributed by atoms with Crippen LogP contribution < -0.4 is 5.32 Å². The largest absolute Gasteiger partial charge is 0.396 e. The van der Waals surface area contributed by atoms with Gasteiger partial charge >= 0.3 is 0 Å². The van der Waals surface area contributed by atoms with Crippen molar-refractivity contribution in [3.63, 3.8) is 0 Å². The van der Waals surface area contributed by atoms with Crippen LogP contribution in [0.4, 0.5) is 5.69 Å².